The van der Waals surface area contributed by atoms with E-state index < -0.39 is 0 Å². The molecule has 0 spiro atoms. The van der Waals surface area contributed by atoms with Crippen molar-refractivity contribution in [1.82, 2.24) is 0 Å². The lowest BCUT2D eigenvalue weighted by atomic mass is 10.3. The quantitative estimate of drug-likeness (QED) is 0.385. The van der Waals surface area contributed by atoms with E-state index in [0.717, 1.165) is 38.9 Å². The van der Waals surface area contributed by atoms with Gasteiger partial charge in [0.25, 0.3) is 0 Å². The maximum Gasteiger partial charge on any atom is 0.0698 e. The van der Waals surface area contributed by atoms with Crippen molar-refractivity contribution in [2.45, 2.75) is 33.2 Å². The Balaban J connectivity index is 2.92. The van der Waals surface area contributed by atoms with Crippen LogP contribution in [0.1, 0.15) is 25.7 Å². The predicted molar refractivity (Wildman–Crippen MR) is 72.6 cm³/mol. The molecule has 0 atom stereocenters. The van der Waals surface area contributed by atoms with Crippen molar-refractivity contribution in [3.63, 3.8) is 0 Å². The minimum absolute atomic E-state index is 0.429. The molecule has 0 aliphatic heterocycles. The first-order valence-corrected chi connectivity index (χ1v) is 7.93. The van der Waals surface area contributed by atoms with Crippen LogP contribution in [0.2, 0.25) is 0 Å². The first-order valence-electron chi connectivity index (χ1n) is 4.27. The molecule has 0 aromatic rings. The van der Waals surface area contributed by atoms with Crippen LogP contribution in [0.5, 0.6) is 0 Å². The standard InChI is InChI=1S/C8H14Br4O/c9-7(10)3-1-5-13-6-2-4-8(11)12/h7-8H,1-6H2. The second kappa shape index (κ2) is 10.4. The van der Waals surface area contributed by atoms with Gasteiger partial charge in [0, 0.05) is 13.2 Å². The fourth-order valence-electron chi connectivity index (χ4n) is 0.781. The average Bonchev–Trinajstić information content (AvgIpc) is 2.01. The van der Waals surface area contributed by atoms with E-state index in [1.807, 2.05) is 0 Å². The van der Waals surface area contributed by atoms with Gasteiger partial charge in [-0.1, -0.05) is 63.7 Å². The van der Waals surface area contributed by atoms with E-state index in [9.17, 15) is 0 Å². The molecule has 0 rings (SSSR count). The zero-order valence-electron chi connectivity index (χ0n) is 7.32. The highest BCUT2D eigenvalue weighted by molar-refractivity contribution is 9.25. The van der Waals surface area contributed by atoms with E-state index in [4.69, 9.17) is 4.74 Å². The van der Waals surface area contributed by atoms with Crippen LogP contribution in [0.3, 0.4) is 0 Å². The number of ether oxygens (including phenoxy) is 1. The average molecular weight is 446 g/mol. The molecule has 0 radical (unpaired) electrons. The maximum atomic E-state index is 5.45. The van der Waals surface area contributed by atoms with Crippen LogP contribution in [0.4, 0.5) is 0 Å². The van der Waals surface area contributed by atoms with Gasteiger partial charge in [0.2, 0.25) is 0 Å². The molecule has 0 heterocycles. The third kappa shape index (κ3) is 13.9. The Morgan fingerprint density at radius 1 is 0.769 bits per heavy atom. The third-order valence-corrected chi connectivity index (χ3v) is 3.25. The summed E-state index contributed by atoms with van der Waals surface area (Å²) in [6.07, 6.45) is 4.43. The second-order valence-corrected chi connectivity index (χ2v) is 9.56. The highest BCUT2D eigenvalue weighted by atomic mass is 79.9. The lowest BCUT2D eigenvalue weighted by molar-refractivity contribution is 0.128. The Kier molecular flexibility index (Phi) is 11.9. The molecule has 0 bridgehead atoms. The molecular formula is C8H14Br4O. The first-order chi connectivity index (χ1) is 6.13. The first kappa shape index (κ1) is 14.9. The zero-order valence-corrected chi connectivity index (χ0v) is 13.7. The summed E-state index contributed by atoms with van der Waals surface area (Å²) in [7, 11) is 0. The van der Waals surface area contributed by atoms with E-state index in [2.05, 4.69) is 63.7 Å². The molecule has 0 saturated carbocycles. The van der Waals surface area contributed by atoms with E-state index in [0.29, 0.717) is 7.47 Å². The summed E-state index contributed by atoms with van der Waals surface area (Å²) >= 11 is 13.7. The van der Waals surface area contributed by atoms with Gasteiger partial charge >= 0.3 is 0 Å². The largest absolute Gasteiger partial charge is 0.381 e. The molecular weight excluding hydrogens is 432 g/mol. The van der Waals surface area contributed by atoms with Gasteiger partial charge in [-0.05, 0) is 25.7 Å². The van der Waals surface area contributed by atoms with Crippen molar-refractivity contribution in [2.24, 2.45) is 0 Å². The Morgan fingerprint density at radius 2 is 1.15 bits per heavy atom. The number of rotatable bonds is 8. The molecule has 0 N–H and O–H groups in total. The molecule has 0 amide bonds. The van der Waals surface area contributed by atoms with E-state index in [1.54, 1.807) is 0 Å². The Bertz CT molecular complexity index is 96.3. The molecule has 13 heavy (non-hydrogen) atoms. The zero-order chi connectivity index (χ0) is 10.1. The molecule has 0 unspecified atom stereocenters. The summed E-state index contributed by atoms with van der Waals surface area (Å²) in [5.74, 6) is 0. The van der Waals surface area contributed by atoms with Crippen molar-refractivity contribution >= 4 is 63.7 Å². The van der Waals surface area contributed by atoms with Gasteiger partial charge in [-0.3, -0.25) is 0 Å². The van der Waals surface area contributed by atoms with Crippen LogP contribution in [0.25, 0.3) is 0 Å². The molecule has 0 aliphatic carbocycles. The highest BCUT2D eigenvalue weighted by Crippen LogP contribution is 2.15. The van der Waals surface area contributed by atoms with E-state index in [-0.39, 0.29) is 0 Å². The van der Waals surface area contributed by atoms with Gasteiger partial charge in [-0.2, -0.15) is 0 Å². The molecule has 0 aliphatic rings. The predicted octanol–water partition coefficient (Wildman–Crippen LogP) is 4.80. The lowest BCUT2D eigenvalue weighted by Crippen LogP contribution is -2.00. The Hall–Kier alpha value is 1.88. The molecule has 1 nitrogen and oxygen atoms in total. The van der Waals surface area contributed by atoms with Crippen LogP contribution in [0, 0.1) is 0 Å². The molecule has 0 aromatic heterocycles. The summed E-state index contributed by atoms with van der Waals surface area (Å²) < 4.78 is 6.31. The molecule has 0 saturated heterocycles. The normalized spacial score (nSPS) is 11.5. The fraction of sp³-hybridized carbons (Fsp3) is 1.00. The van der Waals surface area contributed by atoms with E-state index in [1.165, 1.54) is 0 Å². The van der Waals surface area contributed by atoms with Crippen molar-refractivity contribution in [2.75, 3.05) is 13.2 Å². The molecule has 0 fully saturated rings. The minimum Gasteiger partial charge on any atom is -0.381 e. The Labute approximate surface area is 114 Å². The summed E-state index contributed by atoms with van der Waals surface area (Å²) in [6.45, 7) is 1.73. The maximum absolute atomic E-state index is 5.45. The number of hydrogen-bond acceptors (Lipinski definition) is 1. The number of halogens is 4. The van der Waals surface area contributed by atoms with Crippen LogP contribution >= 0.6 is 63.7 Å². The second-order valence-electron chi connectivity index (χ2n) is 2.68. The van der Waals surface area contributed by atoms with Gasteiger partial charge < -0.3 is 4.74 Å². The van der Waals surface area contributed by atoms with Crippen LogP contribution in [-0.2, 0) is 4.74 Å². The van der Waals surface area contributed by atoms with Crippen molar-refractivity contribution < 1.29 is 4.74 Å². The number of alkyl halides is 4. The fourth-order valence-corrected chi connectivity index (χ4v) is 2.08. The summed E-state index contributed by atoms with van der Waals surface area (Å²) in [5.41, 5.74) is 0. The van der Waals surface area contributed by atoms with Crippen molar-refractivity contribution in [3.8, 4) is 0 Å². The SMILES string of the molecule is BrC(Br)CCCOCCCC(Br)Br. The van der Waals surface area contributed by atoms with Gasteiger partial charge in [0.05, 0.1) is 7.47 Å². The number of hydrogen-bond donors (Lipinski definition) is 0. The van der Waals surface area contributed by atoms with Crippen molar-refractivity contribution in [3.05, 3.63) is 0 Å². The lowest BCUT2D eigenvalue weighted by Gasteiger charge is -2.05. The molecule has 0 aromatic carbocycles. The molecule has 5 heteroatoms. The van der Waals surface area contributed by atoms with Crippen LogP contribution in [0.15, 0.2) is 0 Å². The smallest absolute Gasteiger partial charge is 0.0698 e. The van der Waals surface area contributed by atoms with Crippen LogP contribution < -0.4 is 0 Å². The van der Waals surface area contributed by atoms with Crippen LogP contribution in [-0.4, -0.2) is 20.7 Å². The van der Waals surface area contributed by atoms with E-state index >= 15 is 0 Å². The van der Waals surface area contributed by atoms with Crippen molar-refractivity contribution in [1.29, 1.82) is 0 Å². The topological polar surface area (TPSA) is 9.23 Å². The minimum atomic E-state index is 0.429. The monoisotopic (exact) mass is 442 g/mol. The van der Waals surface area contributed by atoms with Gasteiger partial charge in [0.1, 0.15) is 0 Å². The summed E-state index contributed by atoms with van der Waals surface area (Å²) in [5, 5.41) is 0. The Morgan fingerprint density at radius 3 is 1.46 bits per heavy atom. The third-order valence-electron chi connectivity index (χ3n) is 1.42. The van der Waals surface area contributed by atoms with Gasteiger partial charge in [-0.25, -0.2) is 0 Å². The van der Waals surface area contributed by atoms with Gasteiger partial charge in [-0.15, -0.1) is 0 Å². The summed E-state index contributed by atoms with van der Waals surface area (Å²) in [6, 6.07) is 0. The van der Waals surface area contributed by atoms with Gasteiger partial charge in [0.15, 0.2) is 0 Å². The highest BCUT2D eigenvalue weighted by Gasteiger charge is 1.98. The summed E-state index contributed by atoms with van der Waals surface area (Å²) in [4.78, 5) is 0. The molecule has 80 valence electrons.